The fraction of sp³-hybridized carbons (Fsp3) is 0.462. The van der Waals surface area contributed by atoms with Crippen molar-refractivity contribution < 1.29 is 14.3 Å². The standard InChI is InChI=1S/C13H19NO3S/c1-3-17-13(15)10-5-6-11(14)12(9-10)18-8-4-7-16-2/h5-6,9H,3-4,7-8,14H2,1-2H3. The van der Waals surface area contributed by atoms with Crippen LogP contribution in [0.2, 0.25) is 0 Å². The van der Waals surface area contributed by atoms with Crippen LogP contribution in [0.5, 0.6) is 0 Å². The predicted molar refractivity (Wildman–Crippen MR) is 74.0 cm³/mol. The summed E-state index contributed by atoms with van der Waals surface area (Å²) < 4.78 is 9.94. The number of benzene rings is 1. The minimum Gasteiger partial charge on any atom is -0.462 e. The van der Waals surface area contributed by atoms with Gasteiger partial charge in [-0.2, -0.15) is 0 Å². The number of carbonyl (C=O) groups is 1. The molecule has 0 amide bonds. The molecule has 4 nitrogen and oxygen atoms in total. The second-order valence-corrected chi connectivity index (χ2v) is 4.80. The molecule has 0 aliphatic carbocycles. The molecule has 0 unspecified atom stereocenters. The van der Waals surface area contributed by atoms with Gasteiger partial charge in [-0.3, -0.25) is 0 Å². The van der Waals surface area contributed by atoms with E-state index in [1.165, 1.54) is 0 Å². The second kappa shape index (κ2) is 8.00. The average molecular weight is 269 g/mol. The highest BCUT2D eigenvalue weighted by Crippen LogP contribution is 2.27. The summed E-state index contributed by atoms with van der Waals surface area (Å²) in [5.74, 6) is 0.598. The van der Waals surface area contributed by atoms with Crippen LogP contribution in [0.25, 0.3) is 0 Å². The maximum atomic E-state index is 11.6. The molecule has 0 heterocycles. The third-order valence-corrected chi connectivity index (χ3v) is 3.43. The number of methoxy groups -OCH3 is 1. The number of ether oxygens (including phenoxy) is 2. The minimum absolute atomic E-state index is 0.309. The van der Waals surface area contributed by atoms with E-state index in [2.05, 4.69) is 0 Å². The van der Waals surface area contributed by atoms with E-state index in [0.29, 0.717) is 17.9 Å². The third kappa shape index (κ3) is 4.58. The van der Waals surface area contributed by atoms with E-state index < -0.39 is 0 Å². The summed E-state index contributed by atoms with van der Waals surface area (Å²) in [6.45, 7) is 2.89. The number of carbonyl (C=O) groups excluding carboxylic acids is 1. The van der Waals surface area contributed by atoms with Gasteiger partial charge in [-0.1, -0.05) is 0 Å². The van der Waals surface area contributed by atoms with Gasteiger partial charge in [0.1, 0.15) is 0 Å². The van der Waals surface area contributed by atoms with Crippen LogP contribution >= 0.6 is 11.8 Å². The van der Waals surface area contributed by atoms with Crippen molar-refractivity contribution >= 4 is 23.4 Å². The van der Waals surface area contributed by atoms with Crippen LogP contribution in [-0.4, -0.2) is 32.0 Å². The molecule has 1 rings (SSSR count). The molecule has 2 N–H and O–H groups in total. The van der Waals surface area contributed by atoms with Crippen molar-refractivity contribution in [1.29, 1.82) is 0 Å². The van der Waals surface area contributed by atoms with Gasteiger partial charge in [-0.15, -0.1) is 11.8 Å². The predicted octanol–water partition coefficient (Wildman–Crippen LogP) is 2.57. The lowest BCUT2D eigenvalue weighted by atomic mass is 10.2. The molecule has 1 aromatic rings. The lowest BCUT2D eigenvalue weighted by molar-refractivity contribution is 0.0526. The number of hydrogen-bond acceptors (Lipinski definition) is 5. The number of rotatable bonds is 7. The van der Waals surface area contributed by atoms with Crippen molar-refractivity contribution in [2.24, 2.45) is 0 Å². The Morgan fingerprint density at radius 3 is 2.89 bits per heavy atom. The summed E-state index contributed by atoms with van der Waals surface area (Å²) in [5.41, 5.74) is 7.10. The molecule has 0 radical (unpaired) electrons. The van der Waals surface area contributed by atoms with Crippen LogP contribution < -0.4 is 5.73 Å². The molecule has 0 aliphatic rings. The Morgan fingerprint density at radius 2 is 2.22 bits per heavy atom. The normalized spacial score (nSPS) is 10.3. The van der Waals surface area contributed by atoms with Crippen LogP contribution in [0, 0.1) is 0 Å². The first kappa shape index (κ1) is 14.9. The van der Waals surface area contributed by atoms with Crippen LogP contribution in [0.4, 0.5) is 5.69 Å². The molecular weight excluding hydrogens is 250 g/mol. The lowest BCUT2D eigenvalue weighted by Gasteiger charge is -2.08. The zero-order valence-corrected chi connectivity index (χ0v) is 11.6. The van der Waals surface area contributed by atoms with E-state index >= 15 is 0 Å². The van der Waals surface area contributed by atoms with Crippen LogP contribution in [0.3, 0.4) is 0 Å². The molecule has 0 fully saturated rings. The van der Waals surface area contributed by atoms with E-state index in [1.807, 2.05) is 0 Å². The first-order valence-electron chi connectivity index (χ1n) is 5.87. The monoisotopic (exact) mass is 269 g/mol. The second-order valence-electron chi connectivity index (χ2n) is 3.67. The van der Waals surface area contributed by atoms with Gasteiger partial charge in [0.05, 0.1) is 12.2 Å². The zero-order valence-electron chi connectivity index (χ0n) is 10.8. The van der Waals surface area contributed by atoms with Gasteiger partial charge in [0.25, 0.3) is 0 Å². The van der Waals surface area contributed by atoms with Gasteiger partial charge >= 0.3 is 5.97 Å². The Labute approximate surface area is 112 Å². The molecule has 0 saturated carbocycles. The molecule has 0 atom stereocenters. The Morgan fingerprint density at radius 1 is 1.44 bits per heavy atom. The summed E-state index contributed by atoms with van der Waals surface area (Å²) >= 11 is 1.62. The molecule has 18 heavy (non-hydrogen) atoms. The Hall–Kier alpha value is -1.20. The van der Waals surface area contributed by atoms with Crippen molar-refractivity contribution in [3.63, 3.8) is 0 Å². The molecule has 0 saturated heterocycles. The van der Waals surface area contributed by atoms with Crippen LogP contribution in [0.1, 0.15) is 23.7 Å². The van der Waals surface area contributed by atoms with Crippen molar-refractivity contribution in [2.75, 3.05) is 31.8 Å². The van der Waals surface area contributed by atoms with Crippen LogP contribution in [0.15, 0.2) is 23.1 Å². The SMILES string of the molecule is CCOC(=O)c1ccc(N)c(SCCCOC)c1. The first-order chi connectivity index (χ1) is 8.69. The van der Waals surface area contributed by atoms with Crippen molar-refractivity contribution in [3.05, 3.63) is 23.8 Å². The maximum absolute atomic E-state index is 11.6. The molecule has 0 bridgehead atoms. The zero-order chi connectivity index (χ0) is 13.4. The Kier molecular flexibility index (Phi) is 6.60. The maximum Gasteiger partial charge on any atom is 0.338 e. The summed E-state index contributed by atoms with van der Waals surface area (Å²) in [6.07, 6.45) is 0.949. The highest BCUT2D eigenvalue weighted by molar-refractivity contribution is 7.99. The summed E-state index contributed by atoms with van der Waals surface area (Å²) in [7, 11) is 1.68. The quantitative estimate of drug-likeness (QED) is 0.357. The number of nitrogen functional groups attached to an aromatic ring is 1. The molecule has 1 aromatic carbocycles. The number of thioether (sulfide) groups is 1. The Balaban J connectivity index is 2.66. The lowest BCUT2D eigenvalue weighted by Crippen LogP contribution is -2.05. The third-order valence-electron chi connectivity index (χ3n) is 2.28. The van der Waals surface area contributed by atoms with Gasteiger partial charge in [0.2, 0.25) is 0 Å². The number of esters is 1. The van der Waals surface area contributed by atoms with Gasteiger partial charge in [-0.05, 0) is 31.5 Å². The summed E-state index contributed by atoms with van der Waals surface area (Å²) in [4.78, 5) is 12.5. The average Bonchev–Trinajstić information content (AvgIpc) is 2.37. The fourth-order valence-electron chi connectivity index (χ4n) is 1.39. The number of anilines is 1. The highest BCUT2D eigenvalue weighted by atomic mass is 32.2. The molecule has 5 heteroatoms. The summed E-state index contributed by atoms with van der Waals surface area (Å²) in [5, 5.41) is 0. The molecule has 0 spiro atoms. The van der Waals surface area contributed by atoms with Gasteiger partial charge in [0, 0.05) is 30.1 Å². The molecule has 0 aromatic heterocycles. The van der Waals surface area contributed by atoms with Crippen molar-refractivity contribution in [2.45, 2.75) is 18.2 Å². The van der Waals surface area contributed by atoms with Crippen molar-refractivity contribution in [1.82, 2.24) is 0 Å². The van der Waals surface area contributed by atoms with Crippen molar-refractivity contribution in [3.8, 4) is 0 Å². The number of hydrogen-bond donors (Lipinski definition) is 1. The molecular formula is C13H19NO3S. The van der Waals surface area contributed by atoms with Gasteiger partial charge in [-0.25, -0.2) is 4.79 Å². The van der Waals surface area contributed by atoms with E-state index in [1.54, 1.807) is 44.0 Å². The summed E-state index contributed by atoms with van der Waals surface area (Å²) in [6, 6.07) is 5.21. The molecule has 100 valence electrons. The van der Waals surface area contributed by atoms with Crippen LogP contribution in [-0.2, 0) is 9.47 Å². The fourth-order valence-corrected chi connectivity index (χ4v) is 2.31. The highest BCUT2D eigenvalue weighted by Gasteiger charge is 2.09. The Bertz CT molecular complexity index is 396. The minimum atomic E-state index is -0.309. The van der Waals surface area contributed by atoms with E-state index in [0.717, 1.165) is 23.7 Å². The first-order valence-corrected chi connectivity index (χ1v) is 6.86. The topological polar surface area (TPSA) is 61.5 Å². The number of nitrogens with two attached hydrogens (primary N) is 1. The van der Waals surface area contributed by atoms with E-state index in [-0.39, 0.29) is 5.97 Å². The molecule has 0 aliphatic heterocycles. The smallest absolute Gasteiger partial charge is 0.338 e. The largest absolute Gasteiger partial charge is 0.462 e. The van der Waals surface area contributed by atoms with E-state index in [9.17, 15) is 4.79 Å². The van der Waals surface area contributed by atoms with Gasteiger partial charge in [0.15, 0.2) is 0 Å². The van der Waals surface area contributed by atoms with Gasteiger partial charge < -0.3 is 15.2 Å². The van der Waals surface area contributed by atoms with E-state index in [4.69, 9.17) is 15.2 Å².